The van der Waals surface area contributed by atoms with E-state index in [0.29, 0.717) is 12.2 Å². The van der Waals surface area contributed by atoms with Gasteiger partial charge in [0.2, 0.25) is 0 Å². The van der Waals surface area contributed by atoms with Crippen molar-refractivity contribution in [1.82, 2.24) is 5.32 Å². The maximum absolute atomic E-state index is 12.3. The average Bonchev–Trinajstić information content (AvgIpc) is 2.53. The number of hydrogen-bond acceptors (Lipinski definition) is 3. The lowest BCUT2D eigenvalue weighted by Crippen LogP contribution is -2.37. The van der Waals surface area contributed by atoms with Gasteiger partial charge < -0.3 is 14.8 Å². The van der Waals surface area contributed by atoms with E-state index >= 15 is 0 Å². The van der Waals surface area contributed by atoms with E-state index in [4.69, 9.17) is 9.47 Å². The molecule has 2 rings (SSSR count). The van der Waals surface area contributed by atoms with Crippen molar-refractivity contribution >= 4 is 5.91 Å². The molecule has 1 atom stereocenters. The van der Waals surface area contributed by atoms with E-state index in [0.717, 1.165) is 22.6 Å². The molecule has 0 heterocycles. The van der Waals surface area contributed by atoms with Crippen molar-refractivity contribution in [3.05, 3.63) is 59.2 Å². The van der Waals surface area contributed by atoms with Crippen molar-refractivity contribution in [3.8, 4) is 11.5 Å². The Labute approximate surface area is 137 Å². The lowest BCUT2D eigenvalue weighted by molar-refractivity contribution is 0.0926. The maximum atomic E-state index is 12.3. The summed E-state index contributed by atoms with van der Waals surface area (Å²) in [6.45, 7) is 6.29. The number of carbonyl (C=O) groups is 1. The molecular weight excluding hydrogens is 290 g/mol. The molecule has 4 heteroatoms. The van der Waals surface area contributed by atoms with Crippen molar-refractivity contribution in [2.75, 3.05) is 13.7 Å². The van der Waals surface area contributed by atoms with Crippen LogP contribution in [0.5, 0.6) is 11.5 Å². The van der Waals surface area contributed by atoms with E-state index < -0.39 is 0 Å². The summed E-state index contributed by atoms with van der Waals surface area (Å²) >= 11 is 0. The van der Waals surface area contributed by atoms with Crippen LogP contribution in [0.4, 0.5) is 0 Å². The molecule has 1 N–H and O–H groups in total. The molecular formula is C19H23NO3. The molecule has 0 unspecified atom stereocenters. The van der Waals surface area contributed by atoms with Crippen molar-refractivity contribution in [2.45, 2.75) is 26.8 Å². The minimum Gasteiger partial charge on any atom is -0.497 e. The molecule has 23 heavy (non-hydrogen) atoms. The van der Waals surface area contributed by atoms with Crippen LogP contribution in [-0.4, -0.2) is 25.7 Å². The number of benzene rings is 2. The number of rotatable bonds is 6. The molecule has 0 saturated heterocycles. The lowest BCUT2D eigenvalue weighted by atomic mass is 10.1. The highest BCUT2D eigenvalue weighted by Crippen LogP contribution is 2.17. The highest BCUT2D eigenvalue weighted by Gasteiger charge is 2.12. The van der Waals surface area contributed by atoms with E-state index in [9.17, 15) is 4.79 Å². The predicted octanol–water partition coefficient (Wildman–Crippen LogP) is 3.51. The smallest absolute Gasteiger partial charge is 0.251 e. The van der Waals surface area contributed by atoms with Gasteiger partial charge in [-0.2, -0.15) is 0 Å². The zero-order chi connectivity index (χ0) is 16.8. The Morgan fingerprint density at radius 2 is 1.74 bits per heavy atom. The standard InChI is InChI=1S/C19H23NO3/c1-13-5-10-18(14(2)11-13)19(21)20-15(3)12-23-17-8-6-16(22-4)7-9-17/h5-11,15H,12H2,1-4H3,(H,20,21)/t15-/m0/s1. The van der Waals surface area contributed by atoms with E-state index in [1.54, 1.807) is 7.11 Å². The van der Waals surface area contributed by atoms with Crippen molar-refractivity contribution in [1.29, 1.82) is 0 Å². The molecule has 122 valence electrons. The van der Waals surface area contributed by atoms with E-state index in [-0.39, 0.29) is 11.9 Å². The first-order valence-electron chi connectivity index (χ1n) is 7.64. The molecule has 0 aliphatic heterocycles. The molecule has 0 aliphatic carbocycles. The van der Waals surface area contributed by atoms with Crippen LogP contribution < -0.4 is 14.8 Å². The molecule has 2 aromatic rings. The summed E-state index contributed by atoms with van der Waals surface area (Å²) in [6, 6.07) is 13.1. The molecule has 0 aliphatic rings. The lowest BCUT2D eigenvalue weighted by Gasteiger charge is -2.16. The van der Waals surface area contributed by atoms with Gasteiger partial charge >= 0.3 is 0 Å². The monoisotopic (exact) mass is 313 g/mol. The van der Waals surface area contributed by atoms with Gasteiger partial charge in [-0.25, -0.2) is 0 Å². The summed E-state index contributed by atoms with van der Waals surface area (Å²) in [5.41, 5.74) is 2.83. The Kier molecular flexibility index (Phi) is 5.63. The van der Waals surface area contributed by atoms with Crippen molar-refractivity contribution < 1.29 is 14.3 Å². The second-order valence-corrected chi connectivity index (χ2v) is 5.68. The van der Waals surface area contributed by atoms with Gasteiger partial charge in [0.1, 0.15) is 18.1 Å². The fourth-order valence-electron chi connectivity index (χ4n) is 2.30. The quantitative estimate of drug-likeness (QED) is 0.888. The summed E-state index contributed by atoms with van der Waals surface area (Å²) in [5.74, 6) is 1.46. The van der Waals surface area contributed by atoms with Gasteiger partial charge in [-0.15, -0.1) is 0 Å². The summed E-state index contributed by atoms with van der Waals surface area (Å²) in [4.78, 5) is 12.3. The zero-order valence-corrected chi connectivity index (χ0v) is 14.1. The van der Waals surface area contributed by atoms with Gasteiger partial charge in [0.15, 0.2) is 0 Å². The number of aryl methyl sites for hydroxylation is 2. The second-order valence-electron chi connectivity index (χ2n) is 5.68. The van der Waals surface area contributed by atoms with Gasteiger partial charge in [-0.1, -0.05) is 17.7 Å². The van der Waals surface area contributed by atoms with E-state index in [2.05, 4.69) is 5.32 Å². The Hall–Kier alpha value is -2.49. The predicted molar refractivity (Wildman–Crippen MR) is 91.3 cm³/mol. The number of ether oxygens (including phenoxy) is 2. The normalized spacial score (nSPS) is 11.7. The number of nitrogens with one attached hydrogen (secondary N) is 1. The SMILES string of the molecule is COc1ccc(OC[C@H](C)NC(=O)c2ccc(C)cc2C)cc1. The number of carbonyl (C=O) groups excluding carboxylic acids is 1. The van der Waals surface area contributed by atoms with Crippen LogP contribution in [0.2, 0.25) is 0 Å². The highest BCUT2D eigenvalue weighted by atomic mass is 16.5. The van der Waals surface area contributed by atoms with E-state index in [1.807, 2.05) is 63.2 Å². The first-order chi connectivity index (χ1) is 11.0. The summed E-state index contributed by atoms with van der Waals surface area (Å²) in [7, 11) is 1.63. The van der Waals surface area contributed by atoms with Gasteiger partial charge in [0, 0.05) is 5.56 Å². The number of methoxy groups -OCH3 is 1. The number of hydrogen-bond donors (Lipinski definition) is 1. The Bertz CT molecular complexity index is 665. The largest absolute Gasteiger partial charge is 0.497 e. The summed E-state index contributed by atoms with van der Waals surface area (Å²) < 4.78 is 10.8. The summed E-state index contributed by atoms with van der Waals surface area (Å²) in [5, 5.41) is 2.96. The van der Waals surface area contributed by atoms with Crippen LogP contribution in [0.15, 0.2) is 42.5 Å². The van der Waals surface area contributed by atoms with Crippen LogP contribution in [0, 0.1) is 13.8 Å². The van der Waals surface area contributed by atoms with Crippen LogP contribution in [0.1, 0.15) is 28.4 Å². The third kappa shape index (κ3) is 4.74. The first-order valence-corrected chi connectivity index (χ1v) is 7.64. The number of amides is 1. The molecule has 1 amide bonds. The molecule has 0 fully saturated rings. The fraction of sp³-hybridized carbons (Fsp3) is 0.316. The van der Waals surface area contributed by atoms with Gasteiger partial charge in [-0.3, -0.25) is 4.79 Å². The van der Waals surface area contributed by atoms with Crippen LogP contribution in [0.25, 0.3) is 0 Å². The highest BCUT2D eigenvalue weighted by molar-refractivity contribution is 5.95. The average molecular weight is 313 g/mol. The summed E-state index contributed by atoms with van der Waals surface area (Å²) in [6.07, 6.45) is 0. The Morgan fingerprint density at radius 1 is 1.09 bits per heavy atom. The Balaban J connectivity index is 1.88. The molecule has 0 bridgehead atoms. The van der Waals surface area contributed by atoms with Crippen LogP contribution >= 0.6 is 0 Å². The van der Waals surface area contributed by atoms with Gasteiger partial charge in [0.05, 0.1) is 13.2 Å². The zero-order valence-electron chi connectivity index (χ0n) is 14.1. The molecule has 4 nitrogen and oxygen atoms in total. The van der Waals surface area contributed by atoms with Gasteiger partial charge in [-0.05, 0) is 56.7 Å². The minimum absolute atomic E-state index is 0.0756. The molecule has 2 aromatic carbocycles. The topological polar surface area (TPSA) is 47.6 Å². The third-order valence-corrected chi connectivity index (χ3v) is 3.56. The molecule has 0 saturated carbocycles. The maximum Gasteiger partial charge on any atom is 0.251 e. The molecule has 0 radical (unpaired) electrons. The van der Waals surface area contributed by atoms with Crippen molar-refractivity contribution in [3.63, 3.8) is 0 Å². The van der Waals surface area contributed by atoms with Crippen LogP contribution in [0.3, 0.4) is 0 Å². The Morgan fingerprint density at radius 3 is 2.35 bits per heavy atom. The molecule has 0 spiro atoms. The van der Waals surface area contributed by atoms with E-state index in [1.165, 1.54) is 0 Å². The third-order valence-electron chi connectivity index (χ3n) is 3.56. The molecule has 0 aromatic heterocycles. The second kappa shape index (κ2) is 7.68. The van der Waals surface area contributed by atoms with Crippen LogP contribution in [-0.2, 0) is 0 Å². The fourth-order valence-corrected chi connectivity index (χ4v) is 2.30. The van der Waals surface area contributed by atoms with Gasteiger partial charge in [0.25, 0.3) is 5.91 Å². The van der Waals surface area contributed by atoms with Crippen molar-refractivity contribution in [2.24, 2.45) is 0 Å². The minimum atomic E-state index is -0.0923. The first kappa shape index (κ1) is 16.9.